The zero-order chi connectivity index (χ0) is 9.42. The molecule has 1 atom stereocenters. The summed E-state index contributed by atoms with van der Waals surface area (Å²) in [5.41, 5.74) is 0.771. The fourth-order valence-corrected chi connectivity index (χ4v) is 1.69. The molecule has 1 aromatic rings. The molecule has 0 saturated heterocycles. The van der Waals surface area contributed by atoms with Crippen molar-refractivity contribution in [3.05, 3.63) is 26.4 Å². The molecule has 1 aliphatic heterocycles. The van der Waals surface area contributed by atoms with E-state index in [4.69, 9.17) is 12.2 Å². The molecule has 1 aromatic heterocycles. The first-order chi connectivity index (χ1) is 6.18. The highest BCUT2D eigenvalue weighted by molar-refractivity contribution is 7.71. The van der Waals surface area contributed by atoms with E-state index in [0.717, 1.165) is 0 Å². The van der Waals surface area contributed by atoms with E-state index >= 15 is 0 Å². The van der Waals surface area contributed by atoms with Crippen LogP contribution in [0.4, 0.5) is 0 Å². The molecule has 13 heavy (non-hydrogen) atoms. The van der Waals surface area contributed by atoms with Crippen LogP contribution in [0.15, 0.2) is 4.79 Å². The number of hydrogen-bond acceptors (Lipinski definition) is 4. The molecule has 2 heterocycles. The second-order valence-corrected chi connectivity index (χ2v) is 3.36. The Labute approximate surface area is 78.8 Å². The molecule has 6 heteroatoms. The van der Waals surface area contributed by atoms with Crippen LogP contribution in [-0.4, -0.2) is 21.6 Å². The van der Waals surface area contributed by atoms with Crippen molar-refractivity contribution in [2.75, 3.05) is 6.54 Å². The number of H-pyrrole nitrogens is 2. The average molecular weight is 199 g/mol. The first kappa shape index (κ1) is 8.61. The number of hydrogen-bond donors (Lipinski definition) is 4. The van der Waals surface area contributed by atoms with Crippen molar-refractivity contribution < 1.29 is 5.11 Å². The third-order valence-corrected chi connectivity index (χ3v) is 2.24. The van der Waals surface area contributed by atoms with Crippen molar-refractivity contribution in [1.82, 2.24) is 15.3 Å². The quantitative estimate of drug-likeness (QED) is 0.427. The minimum atomic E-state index is -0.751. The Kier molecular flexibility index (Phi) is 2.03. The number of aromatic nitrogens is 2. The summed E-state index contributed by atoms with van der Waals surface area (Å²) in [5.74, 6) is 0. The summed E-state index contributed by atoms with van der Waals surface area (Å²) >= 11 is 4.80. The van der Waals surface area contributed by atoms with Gasteiger partial charge in [-0.15, -0.1) is 0 Å². The van der Waals surface area contributed by atoms with Crippen LogP contribution >= 0.6 is 12.2 Å². The van der Waals surface area contributed by atoms with Crippen molar-refractivity contribution in [2.24, 2.45) is 0 Å². The maximum atomic E-state index is 11.4. The molecule has 0 spiro atoms. The smallest absolute Gasteiger partial charge is 0.257 e. The van der Waals surface area contributed by atoms with E-state index in [1.165, 1.54) is 0 Å². The number of aliphatic hydroxyl groups excluding tert-OH is 1. The van der Waals surface area contributed by atoms with Gasteiger partial charge in [-0.1, -0.05) is 0 Å². The largest absolute Gasteiger partial charge is 0.387 e. The van der Waals surface area contributed by atoms with Gasteiger partial charge in [0.15, 0.2) is 4.77 Å². The molecule has 0 aliphatic carbocycles. The molecular formula is C7H9N3O2S. The second kappa shape index (κ2) is 3.06. The van der Waals surface area contributed by atoms with Gasteiger partial charge in [-0.2, -0.15) is 0 Å². The van der Waals surface area contributed by atoms with E-state index in [-0.39, 0.29) is 5.56 Å². The standard InChI is InChI=1S/C7H9N3O2S/c11-4-2-8-1-3-5(4)6(12)10-7(13)9-3/h4,8,11H,1-2H2,(H2,9,10,12,13). The van der Waals surface area contributed by atoms with Crippen molar-refractivity contribution in [3.63, 3.8) is 0 Å². The number of rotatable bonds is 0. The SMILES string of the molecule is O=c1[nH]c(=S)[nH]c2c1C(O)CNC2. The Morgan fingerprint density at radius 1 is 1.46 bits per heavy atom. The Balaban J connectivity index is 2.70. The van der Waals surface area contributed by atoms with Crippen LogP contribution in [0.3, 0.4) is 0 Å². The Bertz CT molecular complexity index is 436. The number of aromatic amines is 2. The van der Waals surface area contributed by atoms with E-state index in [1.807, 2.05) is 0 Å². The molecule has 0 radical (unpaired) electrons. The summed E-state index contributed by atoms with van der Waals surface area (Å²) in [5, 5.41) is 12.5. The van der Waals surface area contributed by atoms with Crippen LogP contribution in [0.5, 0.6) is 0 Å². The minimum Gasteiger partial charge on any atom is -0.387 e. The predicted octanol–water partition coefficient (Wildman–Crippen LogP) is -0.431. The van der Waals surface area contributed by atoms with Crippen molar-refractivity contribution >= 4 is 12.2 Å². The monoisotopic (exact) mass is 199 g/mol. The van der Waals surface area contributed by atoms with E-state index in [9.17, 15) is 9.90 Å². The van der Waals surface area contributed by atoms with Crippen molar-refractivity contribution in [2.45, 2.75) is 12.6 Å². The van der Waals surface area contributed by atoms with E-state index in [1.54, 1.807) is 0 Å². The topological polar surface area (TPSA) is 80.9 Å². The van der Waals surface area contributed by atoms with Gasteiger partial charge in [-0.3, -0.25) is 9.78 Å². The van der Waals surface area contributed by atoms with Crippen LogP contribution in [-0.2, 0) is 6.54 Å². The molecule has 1 unspecified atom stereocenters. The van der Waals surface area contributed by atoms with Gasteiger partial charge in [-0.25, -0.2) is 0 Å². The van der Waals surface area contributed by atoms with Gasteiger partial charge < -0.3 is 15.4 Å². The summed E-state index contributed by atoms with van der Waals surface area (Å²) < 4.78 is 0.291. The number of β-amino-alcohol motifs (C(OH)–C–C–N with tert-alkyl or cyclic N) is 1. The van der Waals surface area contributed by atoms with Crippen LogP contribution < -0.4 is 10.9 Å². The minimum absolute atomic E-state index is 0.291. The average Bonchev–Trinajstić information content (AvgIpc) is 2.02. The van der Waals surface area contributed by atoms with Gasteiger partial charge in [0.2, 0.25) is 0 Å². The molecule has 0 saturated carbocycles. The van der Waals surface area contributed by atoms with Crippen molar-refractivity contribution in [1.29, 1.82) is 0 Å². The summed E-state index contributed by atoms with van der Waals surface area (Å²) in [6.07, 6.45) is -0.751. The summed E-state index contributed by atoms with van der Waals surface area (Å²) in [6, 6.07) is 0. The van der Waals surface area contributed by atoms with Gasteiger partial charge in [0.05, 0.1) is 11.7 Å². The second-order valence-electron chi connectivity index (χ2n) is 2.95. The number of aliphatic hydroxyl groups is 1. The summed E-state index contributed by atoms with van der Waals surface area (Å²) in [6.45, 7) is 0.945. The van der Waals surface area contributed by atoms with Crippen LogP contribution in [0, 0.1) is 4.77 Å². The lowest BCUT2D eigenvalue weighted by Gasteiger charge is -2.20. The number of fused-ring (bicyclic) bond motifs is 1. The molecule has 0 bridgehead atoms. The molecular weight excluding hydrogens is 190 g/mol. The molecule has 2 rings (SSSR count). The Morgan fingerprint density at radius 3 is 3.00 bits per heavy atom. The van der Waals surface area contributed by atoms with Crippen molar-refractivity contribution in [3.8, 4) is 0 Å². The van der Waals surface area contributed by atoms with Gasteiger partial charge in [0.25, 0.3) is 5.56 Å². The Morgan fingerprint density at radius 2 is 2.23 bits per heavy atom. The van der Waals surface area contributed by atoms with Gasteiger partial charge in [0.1, 0.15) is 0 Å². The lowest BCUT2D eigenvalue weighted by molar-refractivity contribution is 0.162. The van der Waals surface area contributed by atoms with Crippen LogP contribution in [0.1, 0.15) is 17.4 Å². The lowest BCUT2D eigenvalue weighted by atomic mass is 10.1. The first-order valence-corrected chi connectivity index (χ1v) is 4.33. The molecule has 5 nitrogen and oxygen atoms in total. The van der Waals surface area contributed by atoms with Gasteiger partial charge >= 0.3 is 0 Å². The first-order valence-electron chi connectivity index (χ1n) is 3.92. The molecule has 0 aromatic carbocycles. The van der Waals surface area contributed by atoms with Crippen LogP contribution in [0.2, 0.25) is 0 Å². The van der Waals surface area contributed by atoms with E-state index in [2.05, 4.69) is 15.3 Å². The molecule has 0 fully saturated rings. The highest BCUT2D eigenvalue weighted by Gasteiger charge is 2.21. The number of nitrogens with one attached hydrogen (secondary N) is 3. The normalized spacial score (nSPS) is 21.2. The highest BCUT2D eigenvalue weighted by Crippen LogP contribution is 2.14. The third kappa shape index (κ3) is 1.43. The predicted molar refractivity (Wildman–Crippen MR) is 48.9 cm³/mol. The van der Waals surface area contributed by atoms with E-state index < -0.39 is 6.10 Å². The highest BCUT2D eigenvalue weighted by atomic mass is 32.1. The molecule has 4 N–H and O–H groups in total. The van der Waals surface area contributed by atoms with E-state index in [0.29, 0.717) is 29.1 Å². The fourth-order valence-electron chi connectivity index (χ4n) is 1.47. The third-order valence-electron chi connectivity index (χ3n) is 2.03. The van der Waals surface area contributed by atoms with Crippen LogP contribution in [0.25, 0.3) is 0 Å². The summed E-state index contributed by atoms with van der Waals surface area (Å²) in [4.78, 5) is 16.6. The fraction of sp³-hybridized carbons (Fsp3) is 0.429. The molecule has 1 aliphatic rings. The maximum absolute atomic E-state index is 11.4. The van der Waals surface area contributed by atoms with Gasteiger partial charge in [0, 0.05) is 18.8 Å². The maximum Gasteiger partial charge on any atom is 0.257 e. The zero-order valence-electron chi connectivity index (χ0n) is 6.76. The van der Waals surface area contributed by atoms with Gasteiger partial charge in [-0.05, 0) is 12.2 Å². The molecule has 70 valence electrons. The lowest BCUT2D eigenvalue weighted by Crippen LogP contribution is -2.34. The Hall–Kier alpha value is -0.980. The summed E-state index contributed by atoms with van der Waals surface area (Å²) in [7, 11) is 0. The molecule has 0 amide bonds. The zero-order valence-corrected chi connectivity index (χ0v) is 7.57.